The lowest BCUT2D eigenvalue weighted by molar-refractivity contribution is 0.103. The summed E-state index contributed by atoms with van der Waals surface area (Å²) in [6.45, 7) is 1.68. The van der Waals surface area contributed by atoms with Gasteiger partial charge in [-0.05, 0) is 42.8 Å². The Balaban J connectivity index is 1.86. The van der Waals surface area contributed by atoms with Crippen LogP contribution in [0.2, 0.25) is 0 Å². The molecule has 1 aliphatic heterocycles. The number of rotatable bonds is 4. The summed E-state index contributed by atoms with van der Waals surface area (Å²) in [5.74, 6) is -0.278. The molecule has 3 aromatic carbocycles. The van der Waals surface area contributed by atoms with Crippen molar-refractivity contribution < 1.29 is 21.6 Å². The summed E-state index contributed by atoms with van der Waals surface area (Å²) in [7, 11) is -7.52. The van der Waals surface area contributed by atoms with E-state index in [1.165, 1.54) is 18.2 Å². The van der Waals surface area contributed by atoms with Crippen LogP contribution >= 0.6 is 0 Å². The van der Waals surface area contributed by atoms with Crippen LogP contribution in [0, 0.1) is 6.92 Å². The minimum Gasteiger partial charge on any atom is -0.321 e. The third-order valence-corrected chi connectivity index (χ3v) is 7.20. The van der Waals surface area contributed by atoms with E-state index in [9.17, 15) is 21.6 Å². The van der Waals surface area contributed by atoms with E-state index in [1.807, 2.05) is 0 Å². The van der Waals surface area contributed by atoms with Crippen molar-refractivity contribution in [3.8, 4) is 0 Å². The lowest BCUT2D eigenvalue weighted by atomic mass is 10.1. The van der Waals surface area contributed by atoms with Crippen LogP contribution in [-0.4, -0.2) is 29.0 Å². The first-order valence-electron chi connectivity index (χ1n) is 8.28. The van der Waals surface area contributed by atoms with E-state index >= 15 is 0 Å². The number of amides is 1. The van der Waals surface area contributed by atoms with Gasteiger partial charge >= 0.3 is 0 Å². The number of benzene rings is 3. The van der Waals surface area contributed by atoms with Crippen LogP contribution in [0.4, 0.5) is 11.4 Å². The molecule has 1 amide bonds. The number of anilines is 2. The summed E-state index contributed by atoms with van der Waals surface area (Å²) in [6.07, 6.45) is 1.06. The first-order chi connectivity index (χ1) is 13.1. The molecule has 0 saturated heterocycles. The Morgan fingerprint density at radius 2 is 1.71 bits per heavy atom. The van der Waals surface area contributed by atoms with Gasteiger partial charge in [-0.3, -0.25) is 9.52 Å². The smallest absolute Gasteiger partial charge is 0.262 e. The Morgan fingerprint density at radius 3 is 2.43 bits per heavy atom. The van der Waals surface area contributed by atoms with E-state index in [4.69, 9.17) is 0 Å². The Kier molecular flexibility index (Phi) is 3.98. The molecule has 144 valence electrons. The molecule has 0 atom stereocenters. The molecular weight excluding hydrogens is 400 g/mol. The van der Waals surface area contributed by atoms with Gasteiger partial charge in [-0.25, -0.2) is 16.8 Å². The number of hydrogen-bond donors (Lipinski definition) is 2. The highest BCUT2D eigenvalue weighted by Crippen LogP contribution is 2.37. The van der Waals surface area contributed by atoms with Crippen molar-refractivity contribution in [3.63, 3.8) is 0 Å². The lowest BCUT2D eigenvalue weighted by Crippen LogP contribution is -2.15. The van der Waals surface area contributed by atoms with Crippen molar-refractivity contribution in [2.75, 3.05) is 16.3 Å². The fraction of sp³-hybridized carbons (Fsp3) is 0.105. The minimum absolute atomic E-state index is 0.00811. The predicted molar refractivity (Wildman–Crippen MR) is 107 cm³/mol. The molecule has 0 aromatic heterocycles. The van der Waals surface area contributed by atoms with Gasteiger partial charge < -0.3 is 5.32 Å². The van der Waals surface area contributed by atoms with Crippen LogP contribution < -0.4 is 10.0 Å². The highest BCUT2D eigenvalue weighted by Gasteiger charge is 2.26. The fourth-order valence-corrected chi connectivity index (χ4v) is 5.21. The number of aryl methyl sites for hydroxylation is 1. The average Bonchev–Trinajstić information content (AvgIpc) is 2.94. The Hall–Kier alpha value is -2.91. The van der Waals surface area contributed by atoms with Gasteiger partial charge in [-0.1, -0.05) is 18.2 Å². The van der Waals surface area contributed by atoms with Crippen LogP contribution in [0.1, 0.15) is 15.9 Å². The van der Waals surface area contributed by atoms with E-state index in [0.717, 1.165) is 6.26 Å². The van der Waals surface area contributed by atoms with Crippen molar-refractivity contribution in [2.24, 2.45) is 0 Å². The second-order valence-corrected chi connectivity index (χ2v) is 10.3. The van der Waals surface area contributed by atoms with Crippen molar-refractivity contribution >= 4 is 47.9 Å². The first-order valence-corrected chi connectivity index (χ1v) is 11.7. The number of carbonyl (C=O) groups excluding carboxylic acids is 1. The van der Waals surface area contributed by atoms with Crippen molar-refractivity contribution in [3.05, 3.63) is 59.7 Å². The molecule has 0 bridgehead atoms. The van der Waals surface area contributed by atoms with E-state index in [-0.39, 0.29) is 21.4 Å². The van der Waals surface area contributed by atoms with Gasteiger partial charge in [-0.2, -0.15) is 0 Å². The quantitative estimate of drug-likeness (QED) is 0.680. The molecule has 0 saturated carbocycles. The fourth-order valence-electron chi connectivity index (χ4n) is 3.24. The lowest BCUT2D eigenvalue weighted by Gasteiger charge is -2.14. The number of nitrogens with one attached hydrogen (secondary N) is 2. The van der Waals surface area contributed by atoms with Crippen molar-refractivity contribution in [1.82, 2.24) is 0 Å². The molecule has 3 aromatic rings. The number of hydrogen-bond acceptors (Lipinski definition) is 5. The zero-order valence-electron chi connectivity index (χ0n) is 15.0. The summed E-state index contributed by atoms with van der Waals surface area (Å²) in [5, 5.41) is 3.68. The topological polar surface area (TPSA) is 109 Å². The molecule has 1 heterocycles. The van der Waals surface area contributed by atoms with Gasteiger partial charge in [0.2, 0.25) is 0 Å². The molecule has 0 aliphatic carbocycles. The zero-order valence-corrected chi connectivity index (χ0v) is 16.6. The monoisotopic (exact) mass is 416 g/mol. The minimum atomic E-state index is -4.03. The third kappa shape index (κ3) is 2.92. The molecule has 0 unspecified atom stereocenters. The maximum Gasteiger partial charge on any atom is 0.262 e. The third-order valence-electron chi connectivity index (χ3n) is 4.66. The molecule has 9 heteroatoms. The van der Waals surface area contributed by atoms with Crippen LogP contribution in [0.5, 0.6) is 0 Å². The maximum absolute atomic E-state index is 13.1. The predicted octanol–water partition coefficient (Wildman–Crippen LogP) is 2.92. The summed E-state index contributed by atoms with van der Waals surface area (Å²) in [5.41, 5.74) is 1.74. The van der Waals surface area contributed by atoms with Crippen LogP contribution in [0.25, 0.3) is 10.8 Å². The van der Waals surface area contributed by atoms with Crippen molar-refractivity contribution in [2.45, 2.75) is 16.7 Å². The molecule has 4 rings (SSSR count). The molecule has 28 heavy (non-hydrogen) atoms. The van der Waals surface area contributed by atoms with Gasteiger partial charge in [0.05, 0.1) is 15.5 Å². The number of sulfone groups is 1. The van der Waals surface area contributed by atoms with Gasteiger partial charge in [-0.15, -0.1) is 0 Å². The summed E-state index contributed by atoms with van der Waals surface area (Å²) in [6, 6.07) is 12.1. The normalized spacial score (nSPS) is 13.6. The highest BCUT2D eigenvalue weighted by atomic mass is 32.2. The first kappa shape index (κ1) is 18.5. The number of sulfonamides is 1. The summed E-state index contributed by atoms with van der Waals surface area (Å²) in [4.78, 5) is 12.1. The number of carbonyl (C=O) groups is 1. The van der Waals surface area contributed by atoms with E-state index in [2.05, 4.69) is 10.0 Å². The summed E-state index contributed by atoms with van der Waals surface area (Å²) < 4.78 is 52.3. The van der Waals surface area contributed by atoms with Crippen LogP contribution in [0.3, 0.4) is 0 Å². The summed E-state index contributed by atoms with van der Waals surface area (Å²) >= 11 is 0. The largest absolute Gasteiger partial charge is 0.321 e. The van der Waals surface area contributed by atoms with Crippen molar-refractivity contribution in [1.29, 1.82) is 0 Å². The van der Waals surface area contributed by atoms with Gasteiger partial charge in [0, 0.05) is 28.3 Å². The SMILES string of the molecule is Cc1ccc(S(C)(=O)=O)cc1NS(=O)(=O)c1ccc2c3c(cccc13)C(=O)N2. The average molecular weight is 416 g/mol. The molecule has 2 N–H and O–H groups in total. The van der Waals surface area contributed by atoms with Gasteiger partial charge in [0.1, 0.15) is 0 Å². The van der Waals surface area contributed by atoms with E-state index < -0.39 is 19.9 Å². The molecule has 0 fully saturated rings. The van der Waals surface area contributed by atoms with E-state index in [0.29, 0.717) is 27.6 Å². The standard InChI is InChI=1S/C19H16N2O5S2/c1-11-6-7-12(27(2,23)24)10-16(11)21-28(25,26)17-9-8-15-18-13(17)4-3-5-14(18)19(22)20-15/h3-10,21H,1-2H3,(H,20,22). The molecular formula is C19H16N2O5S2. The molecule has 0 radical (unpaired) electrons. The Labute approximate surface area is 162 Å². The zero-order chi connectivity index (χ0) is 20.3. The highest BCUT2D eigenvalue weighted by molar-refractivity contribution is 7.93. The van der Waals surface area contributed by atoms with Crippen LogP contribution in [-0.2, 0) is 19.9 Å². The molecule has 7 nitrogen and oxygen atoms in total. The second-order valence-electron chi connectivity index (χ2n) is 6.65. The second kappa shape index (κ2) is 6.05. The Bertz CT molecular complexity index is 1380. The molecule has 1 aliphatic rings. The molecule has 0 spiro atoms. The Morgan fingerprint density at radius 1 is 0.964 bits per heavy atom. The van der Waals surface area contributed by atoms with Crippen LogP contribution in [0.15, 0.2) is 58.3 Å². The maximum atomic E-state index is 13.1. The van der Waals surface area contributed by atoms with Gasteiger partial charge in [0.25, 0.3) is 15.9 Å². The van der Waals surface area contributed by atoms with Gasteiger partial charge in [0.15, 0.2) is 9.84 Å². The van der Waals surface area contributed by atoms with E-state index in [1.54, 1.807) is 37.3 Å².